The lowest BCUT2D eigenvalue weighted by Crippen LogP contribution is -2.25. The molecule has 1 aromatic carbocycles. The summed E-state index contributed by atoms with van der Waals surface area (Å²) in [6, 6.07) is 7.25. The van der Waals surface area contributed by atoms with Gasteiger partial charge in [-0.3, -0.25) is 9.78 Å². The summed E-state index contributed by atoms with van der Waals surface area (Å²) in [5.41, 5.74) is 1.07. The molecule has 0 spiro atoms. The molecular formula is C24H24F4N2O. The summed E-state index contributed by atoms with van der Waals surface area (Å²) >= 11 is 0. The predicted molar refractivity (Wildman–Crippen MR) is 111 cm³/mol. The second kappa shape index (κ2) is 8.44. The minimum absolute atomic E-state index is 0.0540. The van der Waals surface area contributed by atoms with Crippen molar-refractivity contribution in [2.75, 3.05) is 5.32 Å². The zero-order valence-electron chi connectivity index (χ0n) is 17.2. The predicted octanol–water partition coefficient (Wildman–Crippen LogP) is 6.56. The lowest BCUT2D eigenvalue weighted by atomic mass is 9.76. The molecule has 164 valence electrons. The minimum atomic E-state index is -4.38. The van der Waals surface area contributed by atoms with Crippen molar-refractivity contribution in [1.29, 1.82) is 0 Å². The van der Waals surface area contributed by atoms with Gasteiger partial charge in [0.15, 0.2) is 0 Å². The van der Waals surface area contributed by atoms with Crippen LogP contribution in [0.15, 0.2) is 42.1 Å². The van der Waals surface area contributed by atoms with E-state index in [0.29, 0.717) is 29.8 Å². The van der Waals surface area contributed by atoms with Crippen LogP contribution in [0, 0.1) is 17.7 Å². The molecule has 2 atom stereocenters. The molecule has 1 aromatic heterocycles. The highest BCUT2D eigenvalue weighted by atomic mass is 19.4. The molecule has 2 aromatic rings. The van der Waals surface area contributed by atoms with E-state index in [1.807, 2.05) is 6.92 Å². The monoisotopic (exact) mass is 432 g/mol. The van der Waals surface area contributed by atoms with Crippen molar-refractivity contribution in [3.05, 3.63) is 64.7 Å². The van der Waals surface area contributed by atoms with Crippen LogP contribution in [0.1, 0.15) is 60.6 Å². The average Bonchev–Trinajstić information content (AvgIpc) is 3.20. The van der Waals surface area contributed by atoms with Gasteiger partial charge in [-0.05, 0) is 73.3 Å². The molecule has 2 unspecified atom stereocenters. The van der Waals surface area contributed by atoms with Gasteiger partial charge < -0.3 is 5.32 Å². The largest absolute Gasteiger partial charge is 0.413 e. The number of aryl methyl sites for hydroxylation is 1. The molecule has 0 saturated heterocycles. The number of aromatic nitrogens is 1. The SMILES string of the molecule is CCc1cc(C2=C(C(F)(F)F)CC3CCCC3C2)ncc1NC(=O)c1ccccc1F. The van der Waals surface area contributed by atoms with Crippen LogP contribution in [0.2, 0.25) is 0 Å². The smallest absolute Gasteiger partial charge is 0.320 e. The van der Waals surface area contributed by atoms with E-state index in [4.69, 9.17) is 0 Å². The van der Waals surface area contributed by atoms with Gasteiger partial charge >= 0.3 is 6.18 Å². The summed E-state index contributed by atoms with van der Waals surface area (Å²) in [7, 11) is 0. The van der Waals surface area contributed by atoms with Crippen LogP contribution in [0.3, 0.4) is 0 Å². The van der Waals surface area contributed by atoms with Crippen LogP contribution in [0.25, 0.3) is 5.57 Å². The number of halogens is 4. The van der Waals surface area contributed by atoms with Crippen LogP contribution < -0.4 is 5.32 Å². The van der Waals surface area contributed by atoms with Gasteiger partial charge in [0.25, 0.3) is 5.91 Å². The lowest BCUT2D eigenvalue weighted by Gasteiger charge is -2.31. The zero-order valence-corrected chi connectivity index (χ0v) is 17.2. The van der Waals surface area contributed by atoms with E-state index in [1.165, 1.54) is 24.4 Å². The van der Waals surface area contributed by atoms with E-state index < -0.39 is 23.5 Å². The first-order valence-electron chi connectivity index (χ1n) is 10.6. The molecule has 1 amide bonds. The molecule has 1 saturated carbocycles. The Morgan fingerprint density at radius 1 is 1.16 bits per heavy atom. The number of alkyl halides is 3. The lowest BCUT2D eigenvalue weighted by molar-refractivity contribution is -0.0962. The number of benzene rings is 1. The number of carbonyl (C=O) groups is 1. The fourth-order valence-corrected chi connectivity index (χ4v) is 4.87. The van der Waals surface area contributed by atoms with Crippen molar-refractivity contribution in [2.45, 2.75) is 51.6 Å². The Hall–Kier alpha value is -2.70. The summed E-state index contributed by atoms with van der Waals surface area (Å²) in [5, 5.41) is 2.65. The summed E-state index contributed by atoms with van der Waals surface area (Å²) in [4.78, 5) is 16.8. The van der Waals surface area contributed by atoms with Gasteiger partial charge in [-0.1, -0.05) is 25.5 Å². The van der Waals surface area contributed by atoms with Gasteiger partial charge in [0.1, 0.15) is 5.82 Å². The number of nitrogens with zero attached hydrogens (tertiary/aromatic N) is 1. The van der Waals surface area contributed by atoms with Gasteiger partial charge in [-0.2, -0.15) is 13.2 Å². The Labute approximate surface area is 178 Å². The number of allylic oxidation sites excluding steroid dienone is 2. The molecule has 2 aliphatic rings. The van der Waals surface area contributed by atoms with Gasteiger partial charge in [-0.25, -0.2) is 4.39 Å². The number of carbonyl (C=O) groups excluding carboxylic acids is 1. The third kappa shape index (κ3) is 4.36. The molecule has 1 N–H and O–H groups in total. The van der Waals surface area contributed by atoms with E-state index in [0.717, 1.165) is 19.3 Å². The molecule has 3 nitrogen and oxygen atoms in total. The highest BCUT2D eigenvalue weighted by Gasteiger charge is 2.44. The summed E-state index contributed by atoms with van der Waals surface area (Å²) in [5.74, 6) is -0.890. The van der Waals surface area contributed by atoms with Gasteiger partial charge in [-0.15, -0.1) is 0 Å². The maximum Gasteiger partial charge on any atom is 0.413 e. The first-order valence-corrected chi connectivity index (χ1v) is 10.6. The molecule has 7 heteroatoms. The fourth-order valence-electron chi connectivity index (χ4n) is 4.87. The summed E-state index contributed by atoms with van der Waals surface area (Å²) in [6.07, 6.45) is 0.715. The number of fused-ring (bicyclic) bond motifs is 1. The van der Waals surface area contributed by atoms with Crippen molar-refractivity contribution in [1.82, 2.24) is 4.98 Å². The van der Waals surface area contributed by atoms with Gasteiger partial charge in [0.05, 0.1) is 23.1 Å². The Bertz CT molecular complexity index is 1030. The maximum atomic E-state index is 13.9. The minimum Gasteiger partial charge on any atom is -0.320 e. The number of nitrogens with one attached hydrogen (secondary N) is 1. The normalized spacial score (nSPS) is 21.2. The highest BCUT2D eigenvalue weighted by molar-refractivity contribution is 6.04. The standard InChI is InChI=1S/C24H24F4N2O/c1-2-14-12-21(18-10-15-6-5-7-16(15)11-19(18)24(26,27)28)29-13-22(14)30-23(31)17-8-3-4-9-20(17)25/h3-4,8-9,12-13,15-16H,2,5-7,10-11H2,1H3,(H,30,31). The molecule has 0 aliphatic heterocycles. The van der Waals surface area contributed by atoms with E-state index in [1.54, 1.807) is 12.1 Å². The number of amides is 1. The Balaban J connectivity index is 1.67. The van der Waals surface area contributed by atoms with Crippen molar-refractivity contribution in [3.63, 3.8) is 0 Å². The van der Waals surface area contributed by atoms with E-state index in [-0.39, 0.29) is 29.4 Å². The van der Waals surface area contributed by atoms with Gasteiger partial charge in [0.2, 0.25) is 0 Å². The third-order valence-electron chi connectivity index (χ3n) is 6.50. The van der Waals surface area contributed by atoms with Crippen LogP contribution in [-0.4, -0.2) is 17.1 Å². The second-order valence-corrected chi connectivity index (χ2v) is 8.33. The van der Waals surface area contributed by atoms with Crippen molar-refractivity contribution in [3.8, 4) is 0 Å². The average molecular weight is 432 g/mol. The number of anilines is 1. The summed E-state index contributed by atoms with van der Waals surface area (Å²) in [6.45, 7) is 1.85. The van der Waals surface area contributed by atoms with Crippen LogP contribution in [-0.2, 0) is 6.42 Å². The number of pyridine rings is 1. The molecule has 31 heavy (non-hydrogen) atoms. The molecule has 0 bridgehead atoms. The summed E-state index contributed by atoms with van der Waals surface area (Å²) < 4.78 is 55.4. The molecule has 0 radical (unpaired) electrons. The quantitative estimate of drug-likeness (QED) is 0.556. The first-order chi connectivity index (χ1) is 14.8. The zero-order chi connectivity index (χ0) is 22.2. The van der Waals surface area contributed by atoms with Crippen molar-refractivity contribution in [2.24, 2.45) is 11.8 Å². The highest BCUT2D eigenvalue weighted by Crippen LogP contribution is 2.51. The van der Waals surface area contributed by atoms with Crippen LogP contribution >= 0.6 is 0 Å². The van der Waals surface area contributed by atoms with E-state index >= 15 is 0 Å². The molecule has 1 fully saturated rings. The fraction of sp³-hybridized carbons (Fsp3) is 0.417. The van der Waals surface area contributed by atoms with Crippen LogP contribution in [0.5, 0.6) is 0 Å². The third-order valence-corrected chi connectivity index (χ3v) is 6.50. The maximum absolute atomic E-state index is 13.9. The molecular weight excluding hydrogens is 408 g/mol. The van der Waals surface area contributed by atoms with E-state index in [9.17, 15) is 22.4 Å². The number of rotatable bonds is 4. The molecule has 2 aliphatic carbocycles. The van der Waals surface area contributed by atoms with Crippen LogP contribution in [0.4, 0.5) is 23.2 Å². The second-order valence-electron chi connectivity index (χ2n) is 8.33. The Kier molecular flexibility index (Phi) is 5.86. The topological polar surface area (TPSA) is 42.0 Å². The Morgan fingerprint density at radius 3 is 2.55 bits per heavy atom. The number of hydrogen-bond donors (Lipinski definition) is 1. The Morgan fingerprint density at radius 2 is 1.87 bits per heavy atom. The van der Waals surface area contributed by atoms with Gasteiger partial charge in [0, 0.05) is 5.57 Å². The molecule has 1 heterocycles. The molecule has 4 rings (SSSR count). The first kappa shape index (κ1) is 21.5. The van der Waals surface area contributed by atoms with Crippen molar-refractivity contribution < 1.29 is 22.4 Å². The number of hydrogen-bond acceptors (Lipinski definition) is 2. The van der Waals surface area contributed by atoms with E-state index in [2.05, 4.69) is 10.3 Å². The van der Waals surface area contributed by atoms with Crippen molar-refractivity contribution >= 4 is 17.2 Å².